The summed E-state index contributed by atoms with van der Waals surface area (Å²) in [4.78, 5) is 115. The summed E-state index contributed by atoms with van der Waals surface area (Å²) in [5, 5.41) is 58.5. The first-order valence-corrected chi connectivity index (χ1v) is 17.9. The highest BCUT2D eigenvalue weighted by Gasteiger charge is 2.40. The van der Waals surface area contributed by atoms with E-state index in [9.17, 15) is 68.7 Å². The number of nitrogens with one attached hydrogen (secondary N) is 5. The molecule has 7 amide bonds. The van der Waals surface area contributed by atoms with Crippen LogP contribution in [0.25, 0.3) is 0 Å². The van der Waals surface area contributed by atoms with Gasteiger partial charge < -0.3 is 68.5 Å². The number of rotatable bonds is 22. The molecule has 0 radical (unpaired) electrons. The van der Waals surface area contributed by atoms with E-state index in [1.54, 1.807) is 12.1 Å². The standard InChI is InChI=1S/C33H48N8O14S/c1-15(43)26(33(54)55)40-29(50)21(13-42)38-28(49)19(8-9-25(46)47)36-31(52)23-3-2-10-41(23)32(53)20(12-24(35)45)37-30(51)22(14-56)39-27(48)18(34)11-16-4-6-17(44)7-5-16/h4-7,15,18-23,26,42-44,56H,2-3,8-14,34H2,1H3,(H2,35,45)(H,36,52)(H,37,51)(H,38,49)(H,39,48)(H,40,50)(H,46,47)(H,54,55). The van der Waals surface area contributed by atoms with Crippen molar-refractivity contribution in [3.63, 3.8) is 0 Å². The number of carbonyl (C=O) groups is 9. The second-order valence-electron chi connectivity index (χ2n) is 12.9. The summed E-state index contributed by atoms with van der Waals surface area (Å²) in [5.41, 5.74) is 12.0. The number of hydrogen-bond acceptors (Lipinski definition) is 14. The summed E-state index contributed by atoms with van der Waals surface area (Å²) in [6.07, 6.45) is -3.19. The van der Waals surface area contributed by atoms with Gasteiger partial charge in [-0.2, -0.15) is 12.6 Å². The van der Waals surface area contributed by atoms with Gasteiger partial charge in [0.2, 0.25) is 41.4 Å². The number of carbonyl (C=O) groups excluding carboxylic acids is 7. The third kappa shape index (κ3) is 14.3. The molecular weight excluding hydrogens is 764 g/mol. The number of aliphatic hydroxyl groups excluding tert-OH is 2. The maximum absolute atomic E-state index is 13.8. The van der Waals surface area contributed by atoms with Crippen molar-refractivity contribution >= 4 is 65.9 Å². The highest BCUT2D eigenvalue weighted by Crippen LogP contribution is 2.20. The van der Waals surface area contributed by atoms with Gasteiger partial charge in [0.05, 0.1) is 25.2 Å². The van der Waals surface area contributed by atoms with Gasteiger partial charge in [-0.15, -0.1) is 0 Å². The number of carboxylic acid groups (broad SMARTS) is 2. The Morgan fingerprint density at radius 1 is 0.857 bits per heavy atom. The molecule has 1 heterocycles. The fourth-order valence-corrected chi connectivity index (χ4v) is 5.80. The lowest BCUT2D eigenvalue weighted by atomic mass is 10.1. The first kappa shape index (κ1) is 46.6. The lowest BCUT2D eigenvalue weighted by molar-refractivity contribution is -0.145. The number of aromatic hydroxyl groups is 1. The van der Waals surface area contributed by atoms with Gasteiger partial charge in [0.15, 0.2) is 6.04 Å². The van der Waals surface area contributed by atoms with Crippen LogP contribution < -0.4 is 38.1 Å². The average Bonchev–Trinajstić information content (AvgIpc) is 3.63. The van der Waals surface area contributed by atoms with Crippen LogP contribution in [-0.4, -0.2) is 151 Å². The van der Waals surface area contributed by atoms with Crippen LogP contribution in [0.2, 0.25) is 0 Å². The monoisotopic (exact) mass is 812 g/mol. The Morgan fingerprint density at radius 2 is 1.43 bits per heavy atom. The lowest BCUT2D eigenvalue weighted by Crippen LogP contribution is -2.60. The molecule has 8 unspecified atom stereocenters. The Morgan fingerprint density at radius 3 is 1.96 bits per heavy atom. The number of thiol groups is 1. The number of nitrogens with zero attached hydrogens (tertiary/aromatic N) is 1. The first-order valence-electron chi connectivity index (χ1n) is 17.3. The molecule has 1 aliphatic heterocycles. The summed E-state index contributed by atoms with van der Waals surface area (Å²) >= 11 is 4.10. The van der Waals surface area contributed by atoms with Gasteiger partial charge in [0, 0.05) is 18.7 Å². The number of amides is 7. The number of primary amides is 1. The second-order valence-corrected chi connectivity index (χ2v) is 13.3. The zero-order chi connectivity index (χ0) is 42.3. The summed E-state index contributed by atoms with van der Waals surface area (Å²) in [7, 11) is 0. The average molecular weight is 813 g/mol. The van der Waals surface area contributed by atoms with Crippen LogP contribution >= 0.6 is 12.6 Å². The zero-order valence-electron chi connectivity index (χ0n) is 30.3. The van der Waals surface area contributed by atoms with Crippen molar-refractivity contribution in [2.75, 3.05) is 18.9 Å². The number of phenolic OH excluding ortho intramolecular Hbond substituents is 1. The summed E-state index contributed by atoms with van der Waals surface area (Å²) in [5.74, 6) is -10.2. The topological polar surface area (TPSA) is 370 Å². The van der Waals surface area contributed by atoms with E-state index in [4.69, 9.17) is 11.5 Å². The summed E-state index contributed by atoms with van der Waals surface area (Å²) in [6, 6.07) is -4.78. The van der Waals surface area contributed by atoms with Crippen LogP contribution in [-0.2, 0) is 49.6 Å². The number of carboxylic acids is 2. The molecule has 1 aromatic rings. The molecule has 14 N–H and O–H groups in total. The molecule has 8 atom stereocenters. The van der Waals surface area contributed by atoms with E-state index in [1.165, 1.54) is 12.1 Å². The molecule has 0 spiro atoms. The maximum atomic E-state index is 13.8. The van der Waals surface area contributed by atoms with Crippen LogP contribution in [0.1, 0.15) is 44.6 Å². The highest BCUT2D eigenvalue weighted by atomic mass is 32.1. The number of nitrogens with two attached hydrogens (primary N) is 2. The summed E-state index contributed by atoms with van der Waals surface area (Å²) < 4.78 is 0. The van der Waals surface area contributed by atoms with Gasteiger partial charge in [-0.1, -0.05) is 12.1 Å². The van der Waals surface area contributed by atoms with Gasteiger partial charge in [-0.3, -0.25) is 38.4 Å². The fourth-order valence-electron chi connectivity index (χ4n) is 5.54. The van der Waals surface area contributed by atoms with Crippen molar-refractivity contribution in [1.82, 2.24) is 31.5 Å². The number of likely N-dealkylation sites (tertiary alicyclic amines) is 1. The molecule has 0 aliphatic carbocycles. The Kier molecular flexibility index (Phi) is 18.4. The Balaban J connectivity index is 2.19. The maximum Gasteiger partial charge on any atom is 0.328 e. The molecule has 56 heavy (non-hydrogen) atoms. The molecule has 1 aliphatic rings. The predicted molar refractivity (Wildman–Crippen MR) is 195 cm³/mol. The molecule has 23 heteroatoms. The third-order valence-corrected chi connectivity index (χ3v) is 8.91. The van der Waals surface area contributed by atoms with Crippen LogP contribution in [0, 0.1) is 0 Å². The van der Waals surface area contributed by atoms with Gasteiger partial charge in [-0.25, -0.2) is 4.79 Å². The molecule has 0 saturated carbocycles. The van der Waals surface area contributed by atoms with Crippen molar-refractivity contribution in [2.24, 2.45) is 11.5 Å². The van der Waals surface area contributed by atoms with Crippen LogP contribution in [0.15, 0.2) is 24.3 Å². The summed E-state index contributed by atoms with van der Waals surface area (Å²) in [6.45, 7) is -0.0535. The predicted octanol–water partition coefficient (Wildman–Crippen LogP) is -5.20. The molecule has 22 nitrogen and oxygen atoms in total. The van der Waals surface area contributed by atoms with Crippen molar-refractivity contribution in [3.8, 4) is 5.75 Å². The molecule has 1 fully saturated rings. The number of benzene rings is 1. The van der Waals surface area contributed by atoms with E-state index in [2.05, 4.69) is 33.9 Å². The van der Waals surface area contributed by atoms with Gasteiger partial charge in [-0.05, 0) is 50.3 Å². The van der Waals surface area contributed by atoms with E-state index in [1.807, 2.05) is 5.32 Å². The van der Waals surface area contributed by atoms with E-state index < -0.39 is 128 Å². The minimum Gasteiger partial charge on any atom is -0.508 e. The molecular formula is C33H48N8O14S. The number of aliphatic carboxylic acids is 2. The lowest BCUT2D eigenvalue weighted by Gasteiger charge is -2.30. The molecule has 0 bridgehead atoms. The van der Waals surface area contributed by atoms with E-state index in [-0.39, 0.29) is 37.3 Å². The zero-order valence-corrected chi connectivity index (χ0v) is 31.1. The SMILES string of the molecule is CC(O)C(NC(=O)C(CO)NC(=O)C(CCC(=O)O)NC(=O)C1CCCN1C(=O)C(CC(N)=O)NC(=O)C(CS)NC(=O)C(N)Cc1ccc(O)cc1)C(=O)O. The highest BCUT2D eigenvalue weighted by molar-refractivity contribution is 7.80. The Hall–Kier alpha value is -5.52. The molecule has 2 rings (SSSR count). The third-order valence-electron chi connectivity index (χ3n) is 8.54. The van der Waals surface area contributed by atoms with E-state index >= 15 is 0 Å². The minimum absolute atomic E-state index is 0.00669. The molecule has 1 aromatic carbocycles. The second kappa shape index (κ2) is 22.1. The van der Waals surface area contributed by atoms with Crippen molar-refractivity contribution in [1.29, 1.82) is 0 Å². The Bertz CT molecular complexity index is 1610. The fraction of sp³-hybridized carbons (Fsp3) is 0.545. The van der Waals surface area contributed by atoms with Crippen molar-refractivity contribution < 1.29 is 68.7 Å². The Labute approximate surface area is 325 Å². The van der Waals surface area contributed by atoms with Gasteiger partial charge >= 0.3 is 11.9 Å². The molecule has 0 aromatic heterocycles. The van der Waals surface area contributed by atoms with Crippen LogP contribution in [0.3, 0.4) is 0 Å². The number of phenols is 1. The van der Waals surface area contributed by atoms with E-state index in [0.717, 1.165) is 11.8 Å². The van der Waals surface area contributed by atoms with Crippen molar-refractivity contribution in [2.45, 2.75) is 93.8 Å². The molecule has 1 saturated heterocycles. The normalized spacial score (nSPS) is 17.4. The molecule has 310 valence electrons. The van der Waals surface area contributed by atoms with Crippen LogP contribution in [0.4, 0.5) is 0 Å². The number of aliphatic hydroxyl groups is 2. The van der Waals surface area contributed by atoms with Crippen LogP contribution in [0.5, 0.6) is 5.75 Å². The largest absolute Gasteiger partial charge is 0.508 e. The first-order chi connectivity index (χ1) is 26.3. The quantitative estimate of drug-likeness (QED) is 0.0487. The van der Waals surface area contributed by atoms with Gasteiger partial charge in [0.25, 0.3) is 0 Å². The van der Waals surface area contributed by atoms with E-state index in [0.29, 0.717) is 5.56 Å². The van der Waals surface area contributed by atoms with Crippen molar-refractivity contribution in [3.05, 3.63) is 29.8 Å². The smallest absolute Gasteiger partial charge is 0.328 e. The van der Waals surface area contributed by atoms with Gasteiger partial charge in [0.1, 0.15) is 36.0 Å². The number of hydrogen-bond donors (Lipinski definition) is 13. The minimum atomic E-state index is -1.81.